The monoisotopic (exact) mass is 277 g/mol. The van der Waals surface area contributed by atoms with Crippen LogP contribution >= 0.6 is 11.8 Å². The normalized spacial score (nSPS) is 24.5. The van der Waals surface area contributed by atoms with Crippen LogP contribution in [0.25, 0.3) is 0 Å². The fraction of sp³-hybridized carbons (Fsp3) is 0.500. The second kappa shape index (κ2) is 5.33. The Morgan fingerprint density at radius 2 is 2.05 bits per heavy atom. The molecule has 1 amide bonds. The molecule has 0 unspecified atom stereocenters. The minimum absolute atomic E-state index is 0.0368. The van der Waals surface area contributed by atoms with E-state index in [1.165, 1.54) is 11.8 Å². The van der Waals surface area contributed by atoms with Gasteiger partial charge in [0.15, 0.2) is 5.17 Å². The van der Waals surface area contributed by atoms with Crippen LogP contribution in [0.4, 0.5) is 0 Å². The van der Waals surface area contributed by atoms with Crippen molar-refractivity contribution >= 4 is 22.8 Å². The number of carbonyl (C=O) groups is 1. The average molecular weight is 277 g/mol. The Hall–Kier alpha value is -1.36. The summed E-state index contributed by atoms with van der Waals surface area (Å²) in [5.74, 6) is 0.196. The van der Waals surface area contributed by atoms with Crippen molar-refractivity contribution in [3.63, 3.8) is 0 Å². The molecule has 4 nitrogen and oxygen atoms in total. The lowest BCUT2D eigenvalue weighted by molar-refractivity contribution is -0.120. The zero-order chi connectivity index (χ0) is 14.0. The minimum Gasteiger partial charge on any atom is -0.356 e. The number of rotatable bonds is 3. The highest BCUT2D eigenvalue weighted by molar-refractivity contribution is 8.16. The summed E-state index contributed by atoms with van der Waals surface area (Å²) >= 11 is 1.51. The molecule has 1 N–H and O–H groups in total. The largest absolute Gasteiger partial charge is 0.356 e. The average Bonchev–Trinajstić information content (AvgIpc) is 2.67. The van der Waals surface area contributed by atoms with Gasteiger partial charge in [-0.15, -0.1) is 0 Å². The first-order valence-electron chi connectivity index (χ1n) is 6.43. The number of carbonyl (C=O) groups excluding carboxylic acids is 1. The summed E-state index contributed by atoms with van der Waals surface area (Å²) < 4.78 is -0.452. The molecule has 0 bridgehead atoms. The number of thioether (sulfide) groups is 1. The molecule has 0 aromatic carbocycles. The van der Waals surface area contributed by atoms with Crippen LogP contribution in [0.1, 0.15) is 39.4 Å². The Morgan fingerprint density at radius 1 is 1.32 bits per heavy atom. The lowest BCUT2D eigenvalue weighted by Gasteiger charge is -2.24. The van der Waals surface area contributed by atoms with Crippen molar-refractivity contribution in [1.82, 2.24) is 10.3 Å². The van der Waals surface area contributed by atoms with Gasteiger partial charge < -0.3 is 5.32 Å². The van der Waals surface area contributed by atoms with Crippen LogP contribution in [-0.2, 0) is 4.79 Å². The lowest BCUT2D eigenvalue weighted by Crippen LogP contribution is -2.34. The van der Waals surface area contributed by atoms with Gasteiger partial charge in [0.05, 0.1) is 11.7 Å². The maximum absolute atomic E-state index is 12.0. The molecule has 19 heavy (non-hydrogen) atoms. The van der Waals surface area contributed by atoms with Crippen LogP contribution in [0.3, 0.4) is 0 Å². The van der Waals surface area contributed by atoms with Crippen LogP contribution in [-0.4, -0.2) is 20.8 Å². The van der Waals surface area contributed by atoms with Gasteiger partial charge in [-0.25, -0.2) is 0 Å². The van der Waals surface area contributed by atoms with Gasteiger partial charge in [-0.05, 0) is 31.9 Å². The van der Waals surface area contributed by atoms with Crippen LogP contribution < -0.4 is 5.32 Å². The summed E-state index contributed by atoms with van der Waals surface area (Å²) in [5.41, 5.74) is 0.941. The van der Waals surface area contributed by atoms with E-state index in [2.05, 4.69) is 15.3 Å². The lowest BCUT2D eigenvalue weighted by atomic mass is 9.96. The van der Waals surface area contributed by atoms with Crippen molar-refractivity contribution in [2.75, 3.05) is 0 Å². The summed E-state index contributed by atoms with van der Waals surface area (Å²) in [6.45, 7) is 8.06. The van der Waals surface area contributed by atoms with E-state index in [-0.39, 0.29) is 17.9 Å². The number of aliphatic imine (C=N–C) groups is 1. The van der Waals surface area contributed by atoms with E-state index in [1.807, 2.05) is 45.9 Å². The molecule has 2 rings (SSSR count). The molecule has 0 fully saturated rings. The van der Waals surface area contributed by atoms with E-state index in [0.717, 1.165) is 5.69 Å². The van der Waals surface area contributed by atoms with E-state index in [4.69, 9.17) is 0 Å². The van der Waals surface area contributed by atoms with Gasteiger partial charge in [0.2, 0.25) is 0 Å². The first kappa shape index (κ1) is 14.1. The highest BCUT2D eigenvalue weighted by Gasteiger charge is 2.43. The molecule has 2 atom stereocenters. The van der Waals surface area contributed by atoms with E-state index in [9.17, 15) is 4.79 Å². The number of nitrogens with one attached hydrogen (secondary N) is 1. The Morgan fingerprint density at radius 3 is 2.58 bits per heavy atom. The first-order chi connectivity index (χ1) is 8.93. The SMILES string of the molecule is CC(C)[C@]1(C)SC(N[C@@H](C)c2ccccn2)=NC1=O. The van der Waals surface area contributed by atoms with Gasteiger partial charge in [-0.1, -0.05) is 31.7 Å². The molecular weight excluding hydrogens is 258 g/mol. The molecule has 1 aromatic heterocycles. The smallest absolute Gasteiger partial charge is 0.264 e. The summed E-state index contributed by atoms with van der Waals surface area (Å²) in [6, 6.07) is 5.83. The minimum atomic E-state index is -0.452. The van der Waals surface area contributed by atoms with Crippen molar-refractivity contribution in [2.24, 2.45) is 10.9 Å². The van der Waals surface area contributed by atoms with Crippen molar-refractivity contribution in [3.8, 4) is 0 Å². The number of hydrogen-bond donors (Lipinski definition) is 1. The van der Waals surface area contributed by atoms with E-state index in [0.29, 0.717) is 5.17 Å². The summed E-state index contributed by atoms with van der Waals surface area (Å²) in [5, 5.41) is 3.96. The third kappa shape index (κ3) is 2.81. The second-order valence-electron chi connectivity index (χ2n) is 5.21. The van der Waals surface area contributed by atoms with Crippen LogP contribution in [0.2, 0.25) is 0 Å². The van der Waals surface area contributed by atoms with Crippen molar-refractivity contribution < 1.29 is 4.79 Å². The molecule has 5 heteroatoms. The summed E-state index contributed by atoms with van der Waals surface area (Å²) in [7, 11) is 0. The predicted octanol–water partition coefficient (Wildman–Crippen LogP) is 2.78. The van der Waals surface area contributed by atoms with E-state index < -0.39 is 4.75 Å². The molecule has 2 heterocycles. The summed E-state index contributed by atoms with van der Waals surface area (Å²) in [4.78, 5) is 20.4. The molecular formula is C14H19N3OS. The molecule has 102 valence electrons. The number of nitrogens with zero attached hydrogens (tertiary/aromatic N) is 2. The van der Waals surface area contributed by atoms with Gasteiger partial charge >= 0.3 is 0 Å². The Bertz CT molecular complexity index is 501. The predicted molar refractivity (Wildman–Crippen MR) is 79.1 cm³/mol. The van der Waals surface area contributed by atoms with Crippen molar-refractivity contribution in [1.29, 1.82) is 0 Å². The molecule has 0 aliphatic carbocycles. The fourth-order valence-electron chi connectivity index (χ4n) is 1.79. The van der Waals surface area contributed by atoms with Crippen molar-refractivity contribution in [3.05, 3.63) is 30.1 Å². The number of amidine groups is 1. The maximum atomic E-state index is 12.0. The van der Waals surface area contributed by atoms with Crippen LogP contribution in [0.5, 0.6) is 0 Å². The molecule has 1 aromatic rings. The molecule has 1 aliphatic heterocycles. The van der Waals surface area contributed by atoms with Gasteiger partial charge in [-0.2, -0.15) is 4.99 Å². The maximum Gasteiger partial charge on any atom is 0.264 e. The van der Waals surface area contributed by atoms with Crippen LogP contribution in [0.15, 0.2) is 29.4 Å². The third-order valence-corrected chi connectivity index (χ3v) is 4.98. The number of amides is 1. The number of aromatic nitrogens is 1. The van der Waals surface area contributed by atoms with Gasteiger partial charge in [-0.3, -0.25) is 9.78 Å². The van der Waals surface area contributed by atoms with E-state index in [1.54, 1.807) is 6.20 Å². The van der Waals surface area contributed by atoms with E-state index >= 15 is 0 Å². The molecule has 0 saturated heterocycles. The van der Waals surface area contributed by atoms with Crippen molar-refractivity contribution in [2.45, 2.75) is 38.5 Å². The molecule has 1 aliphatic rings. The Balaban J connectivity index is 2.06. The third-order valence-electron chi connectivity index (χ3n) is 3.51. The highest BCUT2D eigenvalue weighted by Crippen LogP contribution is 2.39. The standard InChI is InChI=1S/C14H19N3OS/c1-9(2)14(4)12(18)17-13(19-14)16-10(3)11-7-5-6-8-15-11/h5-10H,1-4H3,(H,16,17,18)/t10-,14-/m0/s1. The topological polar surface area (TPSA) is 54.4 Å². The number of hydrogen-bond acceptors (Lipinski definition) is 4. The molecule has 0 spiro atoms. The second-order valence-corrected chi connectivity index (χ2v) is 6.65. The first-order valence-corrected chi connectivity index (χ1v) is 7.24. The summed E-state index contributed by atoms with van der Waals surface area (Å²) in [6.07, 6.45) is 1.76. The Labute approximate surface area is 118 Å². The Kier molecular flexibility index (Phi) is 3.94. The van der Waals surface area contributed by atoms with Gasteiger partial charge in [0.1, 0.15) is 4.75 Å². The fourth-order valence-corrected chi connectivity index (χ4v) is 2.92. The zero-order valence-electron chi connectivity index (χ0n) is 11.7. The number of pyridine rings is 1. The highest BCUT2D eigenvalue weighted by atomic mass is 32.2. The quantitative estimate of drug-likeness (QED) is 0.923. The molecule has 0 saturated carbocycles. The van der Waals surface area contributed by atoms with Crippen LogP contribution in [0, 0.1) is 5.92 Å². The molecule has 0 radical (unpaired) electrons. The van der Waals surface area contributed by atoms with Gasteiger partial charge in [0, 0.05) is 6.20 Å². The van der Waals surface area contributed by atoms with Gasteiger partial charge in [0.25, 0.3) is 5.91 Å². The zero-order valence-corrected chi connectivity index (χ0v) is 12.5.